The number of Topliss-reactive ketones (excluding diaryl/α,β-unsaturated/α-hetero) is 1. The summed E-state index contributed by atoms with van der Waals surface area (Å²) in [6, 6.07) is 0. The van der Waals surface area contributed by atoms with Gasteiger partial charge in [0.25, 0.3) is 5.78 Å². The predicted molar refractivity (Wildman–Crippen MR) is 79.0 cm³/mol. The number of hydrogen-bond donors (Lipinski definition) is 0. The second-order valence-electron chi connectivity index (χ2n) is 7.41. The molecule has 24 heavy (non-hydrogen) atoms. The van der Waals surface area contributed by atoms with E-state index in [0.29, 0.717) is 64.1 Å². The van der Waals surface area contributed by atoms with Crippen molar-refractivity contribution in [3.8, 4) is 0 Å². The Hall–Kier alpha value is -1.08. The van der Waals surface area contributed by atoms with E-state index in [2.05, 4.69) is 0 Å². The van der Waals surface area contributed by atoms with Crippen LogP contribution in [0.1, 0.15) is 44.9 Å². The Bertz CT molecular complexity index is 562. The molecule has 2 spiro atoms. The van der Waals surface area contributed by atoms with Crippen LogP contribution in [0.25, 0.3) is 0 Å². The number of rotatable bonds is 2. The fraction of sp³-hybridized carbons (Fsp3) is 0.824. The van der Waals surface area contributed by atoms with Crippen molar-refractivity contribution in [2.24, 2.45) is 5.41 Å². The minimum atomic E-state index is -4.79. The second kappa shape index (κ2) is 5.46. The van der Waals surface area contributed by atoms with Crippen molar-refractivity contribution in [3.05, 3.63) is 11.3 Å². The molecule has 0 bridgehead atoms. The molecule has 2 saturated heterocycles. The number of halogens is 3. The van der Waals surface area contributed by atoms with Crippen LogP contribution in [0.4, 0.5) is 13.2 Å². The van der Waals surface area contributed by atoms with Gasteiger partial charge < -0.3 is 14.4 Å². The lowest BCUT2D eigenvalue weighted by Crippen LogP contribution is -2.50. The maximum absolute atomic E-state index is 13.1. The van der Waals surface area contributed by atoms with Crippen molar-refractivity contribution in [3.63, 3.8) is 0 Å². The van der Waals surface area contributed by atoms with Gasteiger partial charge in [0.1, 0.15) is 0 Å². The van der Waals surface area contributed by atoms with Crippen LogP contribution in [0.2, 0.25) is 0 Å². The minimum absolute atomic E-state index is 0.0525. The summed E-state index contributed by atoms with van der Waals surface area (Å²) in [5.41, 5.74) is 0.154. The van der Waals surface area contributed by atoms with E-state index in [1.54, 1.807) is 0 Å². The van der Waals surface area contributed by atoms with Crippen LogP contribution >= 0.6 is 0 Å². The van der Waals surface area contributed by atoms with E-state index >= 15 is 0 Å². The lowest BCUT2D eigenvalue weighted by atomic mass is 9.63. The van der Waals surface area contributed by atoms with Crippen LogP contribution in [-0.2, 0) is 14.3 Å². The number of allylic oxidation sites excluding steroid dienone is 2. The Labute approximate surface area is 139 Å². The number of ether oxygens (including phenoxy) is 2. The highest BCUT2D eigenvalue weighted by Crippen LogP contribution is 2.59. The summed E-state index contributed by atoms with van der Waals surface area (Å²) in [7, 11) is 0. The van der Waals surface area contributed by atoms with Crippen molar-refractivity contribution in [2.75, 3.05) is 26.3 Å². The van der Waals surface area contributed by atoms with Gasteiger partial charge in [-0.15, -0.1) is 0 Å². The first-order valence-corrected chi connectivity index (χ1v) is 8.73. The first-order chi connectivity index (χ1) is 11.4. The van der Waals surface area contributed by atoms with E-state index in [1.165, 1.54) is 0 Å². The molecule has 0 N–H and O–H groups in total. The summed E-state index contributed by atoms with van der Waals surface area (Å²) < 4.78 is 50.6. The Morgan fingerprint density at radius 1 is 1.00 bits per heavy atom. The Kier molecular flexibility index (Phi) is 3.73. The molecule has 4 aliphatic rings. The number of hydrogen-bond acceptors (Lipinski definition) is 4. The van der Waals surface area contributed by atoms with Gasteiger partial charge in [0.15, 0.2) is 5.79 Å². The first-order valence-electron chi connectivity index (χ1n) is 8.73. The molecule has 134 valence electrons. The number of carbonyl (C=O) groups excluding carboxylic acids is 1. The molecule has 1 saturated carbocycles. The van der Waals surface area contributed by atoms with Gasteiger partial charge in [-0.2, -0.15) is 13.2 Å². The van der Waals surface area contributed by atoms with Crippen LogP contribution in [0.3, 0.4) is 0 Å². The highest BCUT2D eigenvalue weighted by atomic mass is 19.4. The SMILES string of the molecule is O=C(C1=C(N2CCC3(CC2)OCCO3)CC12CCCC2)C(F)(F)F. The molecule has 0 radical (unpaired) electrons. The second-order valence-corrected chi connectivity index (χ2v) is 7.41. The first kappa shape index (κ1) is 16.4. The minimum Gasteiger partial charge on any atom is -0.374 e. The molecule has 7 heteroatoms. The largest absolute Gasteiger partial charge is 0.454 e. The summed E-state index contributed by atoms with van der Waals surface area (Å²) in [6.45, 7) is 2.31. The molecule has 2 heterocycles. The molecular weight excluding hydrogens is 323 g/mol. The monoisotopic (exact) mass is 345 g/mol. The number of carbonyl (C=O) groups is 1. The molecule has 0 amide bonds. The number of piperidine rings is 1. The maximum Gasteiger partial charge on any atom is 0.454 e. The fourth-order valence-electron chi connectivity index (χ4n) is 4.86. The van der Waals surface area contributed by atoms with Gasteiger partial charge in [0.05, 0.1) is 13.2 Å². The predicted octanol–water partition coefficient (Wildman–Crippen LogP) is 3.17. The van der Waals surface area contributed by atoms with E-state index in [9.17, 15) is 18.0 Å². The highest BCUT2D eigenvalue weighted by Gasteiger charge is 2.57. The van der Waals surface area contributed by atoms with Crippen LogP contribution in [0, 0.1) is 5.41 Å². The zero-order valence-corrected chi connectivity index (χ0v) is 13.6. The summed E-state index contributed by atoms with van der Waals surface area (Å²) in [6.07, 6.45) is 0.326. The summed E-state index contributed by atoms with van der Waals surface area (Å²) in [5.74, 6) is -2.18. The number of likely N-dealkylation sites (tertiary alicyclic amines) is 1. The maximum atomic E-state index is 13.1. The van der Waals surface area contributed by atoms with Crippen LogP contribution in [-0.4, -0.2) is 48.9 Å². The van der Waals surface area contributed by atoms with E-state index < -0.39 is 23.2 Å². The zero-order valence-electron chi connectivity index (χ0n) is 13.6. The lowest BCUT2D eigenvalue weighted by Gasteiger charge is -2.50. The zero-order chi connectivity index (χ0) is 17.0. The fourth-order valence-corrected chi connectivity index (χ4v) is 4.86. The van der Waals surface area contributed by atoms with Gasteiger partial charge in [-0.3, -0.25) is 4.79 Å². The van der Waals surface area contributed by atoms with Crippen LogP contribution in [0.15, 0.2) is 11.3 Å². The van der Waals surface area contributed by atoms with Crippen molar-refractivity contribution in [1.82, 2.24) is 4.90 Å². The van der Waals surface area contributed by atoms with Crippen molar-refractivity contribution in [1.29, 1.82) is 0 Å². The molecule has 2 aliphatic carbocycles. The van der Waals surface area contributed by atoms with Crippen LogP contribution < -0.4 is 0 Å². The van der Waals surface area contributed by atoms with Crippen molar-refractivity contribution >= 4 is 5.78 Å². The van der Waals surface area contributed by atoms with Gasteiger partial charge in [-0.05, 0) is 19.3 Å². The average Bonchev–Trinajstić information content (AvgIpc) is 3.16. The van der Waals surface area contributed by atoms with Gasteiger partial charge >= 0.3 is 6.18 Å². The third-order valence-corrected chi connectivity index (χ3v) is 6.09. The smallest absolute Gasteiger partial charge is 0.374 e. The topological polar surface area (TPSA) is 38.8 Å². The molecule has 0 aromatic rings. The average molecular weight is 345 g/mol. The molecule has 0 aromatic heterocycles. The van der Waals surface area contributed by atoms with Gasteiger partial charge in [-0.25, -0.2) is 0 Å². The van der Waals surface area contributed by atoms with Gasteiger partial charge in [-0.1, -0.05) is 12.8 Å². The summed E-state index contributed by atoms with van der Waals surface area (Å²) in [4.78, 5) is 14.0. The van der Waals surface area contributed by atoms with E-state index in [4.69, 9.17) is 9.47 Å². The van der Waals surface area contributed by atoms with Crippen LogP contribution in [0.5, 0.6) is 0 Å². The molecule has 2 aliphatic heterocycles. The molecule has 0 unspecified atom stereocenters. The molecule has 4 nitrogen and oxygen atoms in total. The van der Waals surface area contributed by atoms with Crippen molar-refractivity contribution in [2.45, 2.75) is 56.9 Å². The van der Waals surface area contributed by atoms with E-state index in [1.807, 2.05) is 4.90 Å². The van der Waals surface area contributed by atoms with Gasteiger partial charge in [0, 0.05) is 42.6 Å². The highest BCUT2D eigenvalue weighted by molar-refractivity contribution is 6.03. The normalized spacial score (nSPS) is 28.7. The third kappa shape index (κ3) is 2.47. The summed E-state index contributed by atoms with van der Waals surface area (Å²) in [5, 5.41) is 0. The number of alkyl halides is 3. The lowest BCUT2D eigenvalue weighted by molar-refractivity contribution is -0.184. The Morgan fingerprint density at radius 3 is 2.12 bits per heavy atom. The molecule has 3 fully saturated rings. The molecular formula is C17H22F3NO3. The number of nitrogens with zero attached hydrogens (tertiary/aromatic N) is 1. The molecule has 0 atom stereocenters. The number of ketones is 1. The Balaban J connectivity index is 1.57. The van der Waals surface area contributed by atoms with Gasteiger partial charge in [0.2, 0.25) is 0 Å². The Morgan fingerprint density at radius 2 is 1.58 bits per heavy atom. The quantitative estimate of drug-likeness (QED) is 0.771. The standard InChI is InChI=1S/C17H22F3NO3/c18-17(19,20)14(22)13-12(11-15(13)3-1-2-4-15)21-7-5-16(6-8-21)23-9-10-24-16/h1-11H2. The van der Waals surface area contributed by atoms with Crippen molar-refractivity contribution < 1.29 is 27.4 Å². The van der Waals surface area contributed by atoms with E-state index in [0.717, 1.165) is 12.8 Å². The van der Waals surface area contributed by atoms with E-state index in [-0.39, 0.29) is 5.57 Å². The third-order valence-electron chi connectivity index (χ3n) is 6.09. The summed E-state index contributed by atoms with van der Waals surface area (Å²) >= 11 is 0. The molecule has 4 rings (SSSR count). The molecule has 0 aromatic carbocycles.